The van der Waals surface area contributed by atoms with Crippen molar-refractivity contribution in [2.45, 2.75) is 30.8 Å². The summed E-state index contributed by atoms with van der Waals surface area (Å²) in [6.45, 7) is 5.77. The van der Waals surface area contributed by atoms with Crippen LogP contribution >= 0.6 is 0 Å². The molecule has 2 unspecified atom stereocenters. The Hall–Kier alpha value is -3.12. The Kier molecular flexibility index (Phi) is 6.19. The summed E-state index contributed by atoms with van der Waals surface area (Å²) >= 11 is 0. The van der Waals surface area contributed by atoms with E-state index >= 15 is 0 Å². The van der Waals surface area contributed by atoms with Crippen LogP contribution in [0.4, 0.5) is 21.6 Å². The van der Waals surface area contributed by atoms with Gasteiger partial charge in [-0.15, -0.1) is 6.58 Å². The van der Waals surface area contributed by atoms with Crippen molar-refractivity contribution in [2.24, 2.45) is 4.36 Å². The monoisotopic (exact) mass is 514 g/mol. The lowest BCUT2D eigenvalue weighted by atomic mass is 9.96. The largest absolute Gasteiger partial charge is 0.483 e. The molecule has 2 N–H and O–H groups in total. The van der Waals surface area contributed by atoms with E-state index in [9.17, 15) is 13.7 Å². The molecule has 0 spiro atoms. The van der Waals surface area contributed by atoms with E-state index in [0.717, 1.165) is 10.9 Å². The SMILES string of the molecule is C=C[C@@]1(O)COC2C1OC[C@H]2Oc1cc(F)ccc1Nc1ncnc2cc(N=S(C)(C)=O)cc(C)c12. The van der Waals surface area contributed by atoms with Crippen LogP contribution in [0.2, 0.25) is 0 Å². The number of fused-ring (bicyclic) bond motifs is 2. The fourth-order valence-corrected chi connectivity index (χ4v) is 5.17. The molecule has 0 aliphatic carbocycles. The minimum Gasteiger partial charge on any atom is -0.483 e. The number of nitrogens with one attached hydrogen (secondary N) is 1. The zero-order chi connectivity index (χ0) is 25.7. The predicted molar refractivity (Wildman–Crippen MR) is 135 cm³/mol. The number of hydrogen-bond acceptors (Lipinski definition) is 9. The molecule has 0 saturated carbocycles. The number of aromatic nitrogens is 2. The Morgan fingerprint density at radius 3 is 2.86 bits per heavy atom. The molecule has 1 aromatic heterocycles. The Labute approximate surface area is 208 Å². The van der Waals surface area contributed by atoms with Crippen LogP contribution in [0.3, 0.4) is 0 Å². The first kappa shape index (κ1) is 24.6. The van der Waals surface area contributed by atoms with Crippen LogP contribution < -0.4 is 10.1 Å². The first-order valence-corrected chi connectivity index (χ1v) is 13.6. The standard InChI is InChI=1S/C25H27FN4O5S/c1-5-25(31)12-34-22-20(11-33-23(22)25)35-19-9-15(26)6-7-17(19)29-24-21-14(2)8-16(30-36(3,4)32)10-18(21)27-13-28-24/h5-10,13,20,22-23,31H,1,11-12H2,2-4H3,(H,27,28,29)/t20-,22?,23?,25-/m1/s1. The molecule has 0 amide bonds. The number of halogens is 1. The number of nitrogens with zero attached hydrogens (tertiary/aromatic N) is 3. The minimum atomic E-state index is -2.34. The maximum Gasteiger partial charge on any atom is 0.151 e. The van der Waals surface area contributed by atoms with Gasteiger partial charge in [-0.2, -0.15) is 4.36 Å². The van der Waals surface area contributed by atoms with Gasteiger partial charge in [0, 0.05) is 33.7 Å². The molecule has 2 fully saturated rings. The average Bonchev–Trinajstić information content (AvgIpc) is 3.36. The van der Waals surface area contributed by atoms with E-state index < -0.39 is 39.5 Å². The molecule has 3 aromatic rings. The molecule has 0 bridgehead atoms. The van der Waals surface area contributed by atoms with Gasteiger partial charge in [0.1, 0.15) is 41.5 Å². The number of benzene rings is 2. The molecule has 11 heteroatoms. The number of ether oxygens (including phenoxy) is 3. The fourth-order valence-electron chi connectivity index (χ4n) is 4.56. The molecule has 2 aliphatic heterocycles. The van der Waals surface area contributed by atoms with Gasteiger partial charge in [-0.25, -0.2) is 18.6 Å². The van der Waals surface area contributed by atoms with Crippen LogP contribution in [0.15, 0.2) is 53.7 Å². The molecule has 2 aromatic carbocycles. The normalized spacial score (nSPS) is 25.5. The molecular formula is C25H27FN4O5S. The van der Waals surface area contributed by atoms with Crippen LogP contribution in [-0.2, 0) is 19.2 Å². The lowest BCUT2D eigenvalue weighted by molar-refractivity contribution is -0.0364. The Balaban J connectivity index is 1.47. The zero-order valence-electron chi connectivity index (χ0n) is 20.1. The highest BCUT2D eigenvalue weighted by Gasteiger charge is 2.55. The topological polar surface area (TPSA) is 115 Å². The number of anilines is 2. The van der Waals surface area contributed by atoms with E-state index in [1.807, 2.05) is 13.0 Å². The van der Waals surface area contributed by atoms with Crippen LogP contribution in [0.5, 0.6) is 5.75 Å². The zero-order valence-corrected chi connectivity index (χ0v) is 20.9. The van der Waals surface area contributed by atoms with E-state index in [2.05, 4.69) is 26.2 Å². The fraction of sp³-hybridized carbons (Fsp3) is 0.360. The number of rotatable bonds is 6. The van der Waals surface area contributed by atoms with Gasteiger partial charge in [0.25, 0.3) is 0 Å². The van der Waals surface area contributed by atoms with Crippen molar-refractivity contribution in [3.63, 3.8) is 0 Å². The van der Waals surface area contributed by atoms with Gasteiger partial charge in [0.2, 0.25) is 0 Å². The number of hydrogen-bond donors (Lipinski definition) is 2. The van der Waals surface area contributed by atoms with Crippen molar-refractivity contribution in [3.05, 3.63) is 60.7 Å². The van der Waals surface area contributed by atoms with Gasteiger partial charge >= 0.3 is 0 Å². The van der Waals surface area contributed by atoms with Gasteiger partial charge in [0.15, 0.2) is 6.10 Å². The molecule has 0 radical (unpaired) electrons. The van der Waals surface area contributed by atoms with E-state index in [4.69, 9.17) is 14.2 Å². The van der Waals surface area contributed by atoms with Crippen LogP contribution in [0.1, 0.15) is 5.56 Å². The van der Waals surface area contributed by atoms with Gasteiger partial charge < -0.3 is 24.6 Å². The Morgan fingerprint density at radius 2 is 2.11 bits per heavy atom. The van der Waals surface area contributed by atoms with Crippen LogP contribution in [0, 0.1) is 12.7 Å². The predicted octanol–water partition coefficient (Wildman–Crippen LogP) is 3.64. The second kappa shape index (κ2) is 9.07. The molecule has 9 nitrogen and oxygen atoms in total. The first-order chi connectivity index (χ1) is 17.1. The third kappa shape index (κ3) is 4.66. The van der Waals surface area contributed by atoms with Gasteiger partial charge in [-0.3, -0.25) is 0 Å². The van der Waals surface area contributed by atoms with E-state index in [-0.39, 0.29) is 19.0 Å². The van der Waals surface area contributed by atoms with Crippen molar-refractivity contribution in [1.29, 1.82) is 0 Å². The van der Waals surface area contributed by atoms with E-state index in [1.165, 1.54) is 24.5 Å². The maximum atomic E-state index is 14.2. The van der Waals surface area contributed by atoms with Gasteiger partial charge in [-0.1, -0.05) is 6.08 Å². The molecule has 190 valence electrons. The van der Waals surface area contributed by atoms with Crippen molar-refractivity contribution in [1.82, 2.24) is 9.97 Å². The number of aliphatic hydroxyl groups is 1. The summed E-state index contributed by atoms with van der Waals surface area (Å²) in [7, 11) is -2.34. The molecule has 2 aliphatic rings. The van der Waals surface area contributed by atoms with Gasteiger partial charge in [0.05, 0.1) is 30.1 Å². The Morgan fingerprint density at radius 1 is 1.31 bits per heavy atom. The molecule has 2 saturated heterocycles. The highest BCUT2D eigenvalue weighted by Crippen LogP contribution is 2.39. The second-order valence-corrected chi connectivity index (χ2v) is 11.8. The lowest BCUT2D eigenvalue weighted by Gasteiger charge is -2.22. The molecule has 36 heavy (non-hydrogen) atoms. The minimum absolute atomic E-state index is 0.0471. The summed E-state index contributed by atoms with van der Waals surface area (Å²) in [4.78, 5) is 8.75. The van der Waals surface area contributed by atoms with E-state index in [0.29, 0.717) is 22.7 Å². The summed E-state index contributed by atoms with van der Waals surface area (Å²) in [6.07, 6.45) is 4.27. The van der Waals surface area contributed by atoms with Crippen LogP contribution in [0.25, 0.3) is 10.9 Å². The van der Waals surface area contributed by atoms with E-state index in [1.54, 1.807) is 24.6 Å². The van der Waals surface area contributed by atoms with Crippen molar-refractivity contribution in [2.75, 3.05) is 31.0 Å². The first-order valence-electron chi connectivity index (χ1n) is 11.3. The summed E-state index contributed by atoms with van der Waals surface area (Å²) < 4.78 is 48.3. The van der Waals surface area contributed by atoms with Gasteiger partial charge in [-0.05, 0) is 36.8 Å². The highest BCUT2D eigenvalue weighted by atomic mass is 32.2. The lowest BCUT2D eigenvalue weighted by Crippen LogP contribution is -2.42. The van der Waals surface area contributed by atoms with Crippen molar-refractivity contribution >= 4 is 37.8 Å². The molecule has 5 rings (SSSR count). The molecule has 3 heterocycles. The van der Waals surface area contributed by atoms with Crippen molar-refractivity contribution < 1.29 is 27.9 Å². The summed E-state index contributed by atoms with van der Waals surface area (Å²) in [6, 6.07) is 7.72. The third-order valence-corrected chi connectivity index (χ3v) is 6.83. The molecular weight excluding hydrogens is 487 g/mol. The highest BCUT2D eigenvalue weighted by molar-refractivity contribution is 7.92. The Bertz CT molecular complexity index is 1470. The molecule has 4 atom stereocenters. The summed E-state index contributed by atoms with van der Waals surface area (Å²) in [5.74, 6) is 0.265. The average molecular weight is 515 g/mol. The summed E-state index contributed by atoms with van der Waals surface area (Å²) in [5, 5.41) is 14.6. The van der Waals surface area contributed by atoms with Crippen molar-refractivity contribution in [3.8, 4) is 5.75 Å². The second-order valence-electron chi connectivity index (χ2n) is 9.30. The summed E-state index contributed by atoms with van der Waals surface area (Å²) in [5.41, 5.74) is 1.21. The smallest absolute Gasteiger partial charge is 0.151 e. The maximum absolute atomic E-state index is 14.2. The third-order valence-electron chi connectivity index (χ3n) is 6.18. The quantitative estimate of drug-likeness (QED) is 0.479. The van der Waals surface area contributed by atoms with Crippen LogP contribution in [-0.4, -0.2) is 68.9 Å². The number of aryl methyl sites for hydroxylation is 1.